The third kappa shape index (κ3) is 1.33. The van der Waals surface area contributed by atoms with Crippen molar-refractivity contribution in [2.45, 2.75) is 0 Å². The Morgan fingerprint density at radius 3 is 2.85 bits per heavy atom. The number of aromatic amines is 1. The number of pyridine rings is 1. The fourth-order valence-electron chi connectivity index (χ4n) is 1.21. The standard InChI is InChI=1S/C9H6BrNO2/c10-8-4-11-9(13)6-2-1-5(12)3-7(6)8/h1-4,12H,(H,11,13). The summed E-state index contributed by atoms with van der Waals surface area (Å²) >= 11 is 3.28. The highest BCUT2D eigenvalue weighted by molar-refractivity contribution is 9.10. The number of rotatable bonds is 0. The van der Waals surface area contributed by atoms with Crippen LogP contribution in [0.3, 0.4) is 0 Å². The SMILES string of the molecule is O=c1[nH]cc(Br)c2cc(O)ccc12. The molecule has 0 atom stereocenters. The molecule has 0 unspecified atom stereocenters. The Morgan fingerprint density at radius 2 is 2.08 bits per heavy atom. The van der Waals surface area contributed by atoms with Crippen LogP contribution in [0.25, 0.3) is 10.8 Å². The van der Waals surface area contributed by atoms with E-state index < -0.39 is 0 Å². The molecule has 0 saturated heterocycles. The summed E-state index contributed by atoms with van der Waals surface area (Å²) in [7, 11) is 0. The topological polar surface area (TPSA) is 53.1 Å². The molecule has 0 radical (unpaired) electrons. The summed E-state index contributed by atoms with van der Waals surface area (Å²) < 4.78 is 0.762. The lowest BCUT2D eigenvalue weighted by Crippen LogP contribution is -2.04. The number of fused-ring (bicyclic) bond motifs is 1. The van der Waals surface area contributed by atoms with Gasteiger partial charge in [0, 0.05) is 21.4 Å². The van der Waals surface area contributed by atoms with Crippen molar-refractivity contribution in [3.63, 3.8) is 0 Å². The van der Waals surface area contributed by atoms with Gasteiger partial charge in [-0.15, -0.1) is 0 Å². The number of H-pyrrole nitrogens is 1. The zero-order valence-corrected chi connectivity index (χ0v) is 8.13. The molecule has 2 N–H and O–H groups in total. The quantitative estimate of drug-likeness (QED) is 0.739. The first-order chi connectivity index (χ1) is 6.18. The maximum Gasteiger partial charge on any atom is 0.255 e. The highest BCUT2D eigenvalue weighted by Crippen LogP contribution is 2.23. The first-order valence-electron chi connectivity index (χ1n) is 3.68. The van der Waals surface area contributed by atoms with Gasteiger partial charge < -0.3 is 10.1 Å². The number of benzene rings is 1. The Balaban J connectivity index is 3.01. The molecule has 0 saturated carbocycles. The summed E-state index contributed by atoms with van der Waals surface area (Å²) in [5.74, 6) is 0.152. The van der Waals surface area contributed by atoms with Crippen LogP contribution in [-0.2, 0) is 0 Å². The maximum absolute atomic E-state index is 11.3. The molecular weight excluding hydrogens is 234 g/mol. The molecule has 0 amide bonds. The molecule has 1 heterocycles. The molecule has 66 valence electrons. The summed E-state index contributed by atoms with van der Waals surface area (Å²) in [5, 5.41) is 10.5. The summed E-state index contributed by atoms with van der Waals surface area (Å²) in [6.45, 7) is 0. The van der Waals surface area contributed by atoms with Gasteiger partial charge in [-0.2, -0.15) is 0 Å². The van der Waals surface area contributed by atoms with Gasteiger partial charge in [0.25, 0.3) is 5.56 Å². The average Bonchev–Trinajstić information content (AvgIpc) is 2.12. The second-order valence-corrected chi connectivity index (χ2v) is 3.55. The number of aromatic hydroxyl groups is 1. The van der Waals surface area contributed by atoms with Gasteiger partial charge in [0.1, 0.15) is 5.75 Å². The molecule has 0 aliphatic heterocycles. The van der Waals surface area contributed by atoms with Gasteiger partial charge in [0.2, 0.25) is 0 Å². The molecule has 2 rings (SSSR count). The number of phenolic OH excluding ortho intramolecular Hbond substituents is 1. The van der Waals surface area contributed by atoms with Crippen molar-refractivity contribution in [3.8, 4) is 5.75 Å². The lowest BCUT2D eigenvalue weighted by molar-refractivity contribution is 0.476. The van der Waals surface area contributed by atoms with Crippen LogP contribution in [0.4, 0.5) is 0 Å². The number of halogens is 1. The van der Waals surface area contributed by atoms with E-state index in [0.29, 0.717) is 10.8 Å². The highest BCUT2D eigenvalue weighted by Gasteiger charge is 2.02. The van der Waals surface area contributed by atoms with Crippen molar-refractivity contribution in [1.82, 2.24) is 4.98 Å². The van der Waals surface area contributed by atoms with Crippen molar-refractivity contribution in [1.29, 1.82) is 0 Å². The second-order valence-electron chi connectivity index (χ2n) is 2.70. The number of aromatic nitrogens is 1. The van der Waals surface area contributed by atoms with Crippen molar-refractivity contribution >= 4 is 26.7 Å². The van der Waals surface area contributed by atoms with E-state index in [1.54, 1.807) is 18.3 Å². The fourth-order valence-corrected chi connectivity index (χ4v) is 1.65. The normalized spacial score (nSPS) is 10.5. The van der Waals surface area contributed by atoms with E-state index in [4.69, 9.17) is 0 Å². The van der Waals surface area contributed by atoms with Gasteiger partial charge in [-0.25, -0.2) is 0 Å². The molecular formula is C9H6BrNO2. The number of nitrogens with one attached hydrogen (secondary N) is 1. The van der Waals surface area contributed by atoms with E-state index in [0.717, 1.165) is 4.47 Å². The van der Waals surface area contributed by atoms with Crippen molar-refractivity contribution < 1.29 is 5.11 Å². The molecule has 4 heteroatoms. The monoisotopic (exact) mass is 239 g/mol. The third-order valence-electron chi connectivity index (χ3n) is 1.84. The largest absolute Gasteiger partial charge is 0.508 e. The van der Waals surface area contributed by atoms with Crippen LogP contribution >= 0.6 is 15.9 Å². The fraction of sp³-hybridized carbons (Fsp3) is 0. The Bertz CT molecular complexity index is 518. The van der Waals surface area contributed by atoms with Crippen LogP contribution < -0.4 is 5.56 Å². The Kier molecular flexibility index (Phi) is 1.84. The van der Waals surface area contributed by atoms with E-state index >= 15 is 0 Å². The summed E-state index contributed by atoms with van der Waals surface area (Å²) in [5.41, 5.74) is -0.154. The lowest BCUT2D eigenvalue weighted by Gasteiger charge is -1.99. The number of hydrogen-bond donors (Lipinski definition) is 2. The molecule has 1 aromatic carbocycles. The summed E-state index contributed by atoms with van der Waals surface area (Å²) in [4.78, 5) is 13.9. The molecule has 0 fully saturated rings. The van der Waals surface area contributed by atoms with Crippen LogP contribution in [0.1, 0.15) is 0 Å². The van der Waals surface area contributed by atoms with E-state index in [9.17, 15) is 9.90 Å². The first-order valence-corrected chi connectivity index (χ1v) is 4.48. The predicted molar refractivity (Wildman–Crippen MR) is 53.9 cm³/mol. The van der Waals surface area contributed by atoms with Gasteiger partial charge >= 0.3 is 0 Å². The molecule has 0 spiro atoms. The molecule has 3 nitrogen and oxygen atoms in total. The van der Waals surface area contributed by atoms with Crippen molar-refractivity contribution in [2.24, 2.45) is 0 Å². The Hall–Kier alpha value is -1.29. The molecule has 2 aromatic rings. The van der Waals surface area contributed by atoms with Crippen LogP contribution in [0.5, 0.6) is 5.75 Å². The lowest BCUT2D eigenvalue weighted by atomic mass is 10.2. The highest BCUT2D eigenvalue weighted by atomic mass is 79.9. The Labute approximate surface area is 82.2 Å². The van der Waals surface area contributed by atoms with E-state index in [2.05, 4.69) is 20.9 Å². The molecule has 0 aliphatic rings. The number of hydrogen-bond acceptors (Lipinski definition) is 2. The van der Waals surface area contributed by atoms with Gasteiger partial charge in [0.15, 0.2) is 0 Å². The Morgan fingerprint density at radius 1 is 1.31 bits per heavy atom. The van der Waals surface area contributed by atoms with E-state index in [-0.39, 0.29) is 11.3 Å². The third-order valence-corrected chi connectivity index (χ3v) is 2.49. The zero-order valence-electron chi connectivity index (χ0n) is 6.54. The first kappa shape index (κ1) is 8.31. The van der Waals surface area contributed by atoms with Gasteiger partial charge in [-0.05, 0) is 34.1 Å². The predicted octanol–water partition coefficient (Wildman–Crippen LogP) is 2.00. The molecule has 0 bridgehead atoms. The average molecular weight is 240 g/mol. The second kappa shape index (κ2) is 2.88. The minimum Gasteiger partial charge on any atom is -0.508 e. The maximum atomic E-state index is 11.3. The zero-order chi connectivity index (χ0) is 9.42. The van der Waals surface area contributed by atoms with Crippen LogP contribution in [0, 0.1) is 0 Å². The van der Waals surface area contributed by atoms with E-state index in [1.165, 1.54) is 6.07 Å². The van der Waals surface area contributed by atoms with Crippen LogP contribution in [0.15, 0.2) is 33.7 Å². The van der Waals surface area contributed by atoms with Gasteiger partial charge in [0.05, 0.1) is 0 Å². The van der Waals surface area contributed by atoms with Crippen LogP contribution in [-0.4, -0.2) is 10.1 Å². The molecule has 13 heavy (non-hydrogen) atoms. The molecule has 0 aliphatic carbocycles. The number of phenols is 1. The van der Waals surface area contributed by atoms with Crippen LogP contribution in [0.2, 0.25) is 0 Å². The minimum absolute atomic E-state index is 0.152. The minimum atomic E-state index is -0.154. The summed E-state index contributed by atoms with van der Waals surface area (Å²) in [6, 6.07) is 4.63. The summed E-state index contributed by atoms with van der Waals surface area (Å²) in [6.07, 6.45) is 1.56. The van der Waals surface area contributed by atoms with Gasteiger partial charge in [-0.1, -0.05) is 0 Å². The van der Waals surface area contributed by atoms with E-state index in [1.807, 2.05) is 0 Å². The smallest absolute Gasteiger partial charge is 0.255 e. The van der Waals surface area contributed by atoms with Gasteiger partial charge in [-0.3, -0.25) is 4.79 Å². The van der Waals surface area contributed by atoms with Crippen molar-refractivity contribution in [2.75, 3.05) is 0 Å². The van der Waals surface area contributed by atoms with Crippen molar-refractivity contribution in [3.05, 3.63) is 39.2 Å². The molecule has 1 aromatic heterocycles.